The average molecular weight is 422 g/mol. The number of carbonyl (C=O) groups excluding carboxylic acids is 2. The van der Waals surface area contributed by atoms with Gasteiger partial charge in [-0.25, -0.2) is 4.98 Å². The van der Waals surface area contributed by atoms with Gasteiger partial charge in [0.2, 0.25) is 5.91 Å². The van der Waals surface area contributed by atoms with E-state index in [0.29, 0.717) is 44.3 Å². The van der Waals surface area contributed by atoms with Crippen LogP contribution in [-0.4, -0.2) is 16.8 Å². The zero-order valence-corrected chi connectivity index (χ0v) is 16.6. The molecular formula is C19H17Cl2N3O4. The number of halogens is 2. The predicted molar refractivity (Wildman–Crippen MR) is 104 cm³/mol. The van der Waals surface area contributed by atoms with E-state index >= 15 is 0 Å². The third kappa shape index (κ3) is 4.74. The molecule has 3 aromatic rings. The Balaban J connectivity index is 1.52. The Morgan fingerprint density at radius 3 is 2.57 bits per heavy atom. The van der Waals surface area contributed by atoms with Crippen molar-refractivity contribution in [1.82, 2.24) is 15.8 Å². The molecule has 2 amide bonds. The van der Waals surface area contributed by atoms with E-state index in [1.54, 1.807) is 38.1 Å². The number of oxazole rings is 1. The maximum Gasteiger partial charge on any atom is 0.273 e. The van der Waals surface area contributed by atoms with E-state index in [1.807, 2.05) is 0 Å². The molecule has 9 heteroatoms. The molecule has 3 rings (SSSR count). The first kappa shape index (κ1) is 20.0. The minimum atomic E-state index is -0.446. The Morgan fingerprint density at radius 1 is 1.11 bits per heavy atom. The summed E-state index contributed by atoms with van der Waals surface area (Å²) < 4.78 is 10.9. The zero-order chi connectivity index (χ0) is 20.3. The maximum atomic E-state index is 12.0. The Labute approximate surface area is 171 Å². The number of aromatic nitrogens is 1. The van der Waals surface area contributed by atoms with E-state index in [4.69, 9.17) is 32.0 Å². The molecule has 1 aromatic carbocycles. The molecule has 0 spiro atoms. The summed E-state index contributed by atoms with van der Waals surface area (Å²) in [5.74, 6) is 1.14. The van der Waals surface area contributed by atoms with Gasteiger partial charge in [0.05, 0.1) is 16.8 Å². The number of hydrazine groups is 1. The molecule has 28 heavy (non-hydrogen) atoms. The quantitative estimate of drug-likeness (QED) is 0.599. The minimum absolute atomic E-state index is 0.0813. The van der Waals surface area contributed by atoms with Crippen LogP contribution >= 0.6 is 23.2 Å². The Morgan fingerprint density at radius 2 is 1.89 bits per heavy atom. The van der Waals surface area contributed by atoms with Crippen molar-refractivity contribution in [3.63, 3.8) is 0 Å². The molecule has 7 nitrogen and oxygen atoms in total. The van der Waals surface area contributed by atoms with Gasteiger partial charge in [-0.3, -0.25) is 20.4 Å². The van der Waals surface area contributed by atoms with Crippen LogP contribution in [0.15, 0.2) is 39.3 Å². The van der Waals surface area contributed by atoms with Crippen LogP contribution in [0, 0.1) is 13.8 Å². The first-order valence-corrected chi connectivity index (χ1v) is 9.15. The van der Waals surface area contributed by atoms with Gasteiger partial charge in [0.1, 0.15) is 11.5 Å². The predicted octanol–water partition coefficient (Wildman–Crippen LogP) is 4.25. The Bertz CT molecular complexity index is 1030. The monoisotopic (exact) mass is 421 g/mol. The van der Waals surface area contributed by atoms with Crippen LogP contribution in [0.5, 0.6) is 0 Å². The molecule has 0 aliphatic rings. The molecule has 2 aromatic heterocycles. The minimum Gasteiger partial charge on any atom is -0.466 e. The van der Waals surface area contributed by atoms with Crippen LogP contribution in [0.1, 0.15) is 34.2 Å². The number of benzene rings is 1. The summed E-state index contributed by atoms with van der Waals surface area (Å²) in [6.45, 7) is 3.42. The van der Waals surface area contributed by atoms with Crippen molar-refractivity contribution in [2.45, 2.75) is 26.7 Å². The smallest absolute Gasteiger partial charge is 0.273 e. The van der Waals surface area contributed by atoms with Crippen molar-refractivity contribution < 1.29 is 18.4 Å². The van der Waals surface area contributed by atoms with E-state index in [0.717, 1.165) is 0 Å². The number of amides is 2. The molecule has 0 bridgehead atoms. The summed E-state index contributed by atoms with van der Waals surface area (Å²) in [6.07, 6.45) is 1.88. The summed E-state index contributed by atoms with van der Waals surface area (Å²) in [5, 5.41) is 0.966. The van der Waals surface area contributed by atoms with E-state index in [-0.39, 0.29) is 18.7 Å². The van der Waals surface area contributed by atoms with E-state index in [1.165, 1.54) is 6.20 Å². The number of rotatable bonds is 5. The van der Waals surface area contributed by atoms with E-state index in [9.17, 15) is 9.59 Å². The molecule has 0 saturated heterocycles. The topological polar surface area (TPSA) is 97.4 Å². The van der Waals surface area contributed by atoms with Gasteiger partial charge in [-0.05, 0) is 38.1 Å². The van der Waals surface area contributed by atoms with Crippen molar-refractivity contribution in [3.8, 4) is 11.3 Å². The number of hydrogen-bond donors (Lipinski definition) is 2. The third-order valence-electron chi connectivity index (χ3n) is 3.92. The summed E-state index contributed by atoms with van der Waals surface area (Å²) >= 11 is 12.0. The number of nitrogens with zero attached hydrogens (tertiary/aromatic N) is 1. The van der Waals surface area contributed by atoms with Crippen LogP contribution in [0.25, 0.3) is 11.3 Å². The van der Waals surface area contributed by atoms with Crippen LogP contribution < -0.4 is 10.9 Å². The lowest BCUT2D eigenvalue weighted by Crippen LogP contribution is -2.41. The Hall–Kier alpha value is -2.77. The van der Waals surface area contributed by atoms with Gasteiger partial charge >= 0.3 is 0 Å². The highest BCUT2D eigenvalue weighted by molar-refractivity contribution is 6.36. The SMILES string of the molecule is Cc1cc(C(=O)NNC(=O)CCc2ncc(-c3ccc(Cl)cc3Cl)o2)c(C)o1. The lowest BCUT2D eigenvalue weighted by Gasteiger charge is -2.06. The summed E-state index contributed by atoms with van der Waals surface area (Å²) in [7, 11) is 0. The fourth-order valence-electron chi connectivity index (χ4n) is 2.57. The third-order valence-corrected chi connectivity index (χ3v) is 4.46. The second-order valence-electron chi connectivity index (χ2n) is 6.07. The molecule has 2 heterocycles. The molecule has 0 atom stereocenters. The lowest BCUT2D eigenvalue weighted by molar-refractivity contribution is -0.121. The highest BCUT2D eigenvalue weighted by Crippen LogP contribution is 2.30. The average Bonchev–Trinajstić information content (AvgIpc) is 3.24. The van der Waals surface area contributed by atoms with E-state index < -0.39 is 5.91 Å². The van der Waals surface area contributed by atoms with Crippen molar-refractivity contribution >= 4 is 35.0 Å². The highest BCUT2D eigenvalue weighted by atomic mass is 35.5. The first-order valence-electron chi connectivity index (χ1n) is 8.40. The van der Waals surface area contributed by atoms with Crippen molar-refractivity contribution in [1.29, 1.82) is 0 Å². The van der Waals surface area contributed by atoms with Crippen molar-refractivity contribution in [2.24, 2.45) is 0 Å². The Kier molecular flexibility index (Phi) is 6.06. The maximum absolute atomic E-state index is 12.0. The molecule has 146 valence electrons. The van der Waals surface area contributed by atoms with Gasteiger partial charge in [0.25, 0.3) is 5.91 Å². The van der Waals surface area contributed by atoms with Crippen LogP contribution in [0.3, 0.4) is 0 Å². The fraction of sp³-hybridized carbons (Fsp3) is 0.211. The molecule has 0 saturated carbocycles. The van der Waals surface area contributed by atoms with Gasteiger partial charge in [-0.15, -0.1) is 0 Å². The number of hydrogen-bond acceptors (Lipinski definition) is 5. The largest absolute Gasteiger partial charge is 0.466 e. The van der Waals surface area contributed by atoms with Gasteiger partial charge < -0.3 is 8.83 Å². The second kappa shape index (κ2) is 8.50. The molecule has 0 unspecified atom stereocenters. The first-order chi connectivity index (χ1) is 13.3. The van der Waals surface area contributed by atoms with E-state index in [2.05, 4.69) is 15.8 Å². The number of carbonyl (C=O) groups is 2. The number of nitrogens with one attached hydrogen (secondary N) is 2. The highest BCUT2D eigenvalue weighted by Gasteiger charge is 2.15. The molecule has 0 radical (unpaired) electrons. The summed E-state index contributed by atoms with van der Waals surface area (Å²) in [4.78, 5) is 28.1. The van der Waals surface area contributed by atoms with Gasteiger partial charge in [0, 0.05) is 23.4 Å². The summed E-state index contributed by atoms with van der Waals surface area (Å²) in [5.41, 5.74) is 5.74. The second-order valence-corrected chi connectivity index (χ2v) is 6.92. The standard InChI is InChI=1S/C19H17Cl2N3O4/c1-10-7-14(11(2)27-10)19(26)24-23-17(25)5-6-18-22-9-16(28-18)13-4-3-12(20)8-15(13)21/h3-4,7-9H,5-6H2,1-2H3,(H,23,25)(H,24,26). The molecule has 0 fully saturated rings. The van der Waals surface area contributed by atoms with Gasteiger partial charge in [0.15, 0.2) is 11.7 Å². The number of furan rings is 1. The van der Waals surface area contributed by atoms with Crippen molar-refractivity contribution in [3.05, 3.63) is 63.5 Å². The fourth-order valence-corrected chi connectivity index (χ4v) is 3.07. The summed E-state index contributed by atoms with van der Waals surface area (Å²) in [6, 6.07) is 6.65. The molecule has 0 aliphatic carbocycles. The van der Waals surface area contributed by atoms with Crippen LogP contribution in [0.4, 0.5) is 0 Å². The van der Waals surface area contributed by atoms with Crippen molar-refractivity contribution in [2.75, 3.05) is 0 Å². The van der Waals surface area contributed by atoms with Crippen LogP contribution in [0.2, 0.25) is 10.0 Å². The molecule has 0 aliphatic heterocycles. The van der Waals surface area contributed by atoms with Gasteiger partial charge in [-0.1, -0.05) is 23.2 Å². The lowest BCUT2D eigenvalue weighted by atomic mass is 10.2. The number of aryl methyl sites for hydroxylation is 3. The van der Waals surface area contributed by atoms with Crippen LogP contribution in [-0.2, 0) is 11.2 Å². The van der Waals surface area contributed by atoms with Gasteiger partial charge in [-0.2, -0.15) is 0 Å². The normalized spacial score (nSPS) is 10.7. The molecule has 2 N–H and O–H groups in total. The molecular weight excluding hydrogens is 405 g/mol. The zero-order valence-electron chi connectivity index (χ0n) is 15.1.